The number of anilines is 2. The quantitative estimate of drug-likeness (QED) is 0.215. The lowest BCUT2D eigenvalue weighted by Crippen LogP contribution is -2.24. The molecule has 2 heterocycles. The molecule has 7 heteroatoms. The Morgan fingerprint density at radius 1 is 0.806 bits per heavy atom. The minimum absolute atomic E-state index is 0.685. The van der Waals surface area contributed by atoms with Gasteiger partial charge in [-0.2, -0.15) is 0 Å². The molecule has 4 aromatic rings. The fourth-order valence-electron chi connectivity index (χ4n) is 4.64. The van der Waals surface area contributed by atoms with Crippen LogP contribution in [0.25, 0.3) is 21.8 Å². The van der Waals surface area contributed by atoms with Crippen molar-refractivity contribution in [1.82, 2.24) is 14.9 Å². The van der Waals surface area contributed by atoms with Gasteiger partial charge in [0.2, 0.25) is 0 Å². The number of nitrogens with one attached hydrogen (secondary N) is 2. The van der Waals surface area contributed by atoms with Gasteiger partial charge in [0.1, 0.15) is 0 Å². The number of hydrogen-bond donors (Lipinski definition) is 2. The second-order valence-corrected chi connectivity index (χ2v) is 11.9. The number of hydrogen-bond acceptors (Lipinski definition) is 5. The molecule has 2 N–H and O–H groups in total. The van der Waals surface area contributed by atoms with Gasteiger partial charge in [0.25, 0.3) is 0 Å². The Morgan fingerprint density at radius 3 is 1.86 bits per heavy atom. The Bertz CT molecular complexity index is 1320. The molecule has 6 rings (SSSR count). The first-order chi connectivity index (χ1) is 17.5. The van der Waals surface area contributed by atoms with Gasteiger partial charge < -0.3 is 15.5 Å². The molecule has 0 amide bonds. The number of likely N-dealkylation sites (N-methyl/N-ethyl adjacent to an activating group) is 1. The molecule has 0 aliphatic heterocycles. The van der Waals surface area contributed by atoms with Crippen molar-refractivity contribution >= 4 is 65.0 Å². The Balaban J connectivity index is 0.000000149. The summed E-state index contributed by atoms with van der Waals surface area (Å²) >= 11 is 7.05. The second kappa shape index (κ2) is 11.4. The molecule has 2 aromatic carbocycles. The van der Waals surface area contributed by atoms with E-state index in [9.17, 15) is 0 Å². The van der Waals surface area contributed by atoms with E-state index in [4.69, 9.17) is 0 Å². The van der Waals surface area contributed by atoms with Crippen LogP contribution in [0, 0.1) is 11.8 Å². The van der Waals surface area contributed by atoms with Crippen LogP contribution in [0.2, 0.25) is 0 Å². The van der Waals surface area contributed by atoms with Crippen LogP contribution < -0.4 is 10.6 Å². The van der Waals surface area contributed by atoms with E-state index in [0.717, 1.165) is 56.0 Å². The molecule has 2 aliphatic carbocycles. The lowest BCUT2D eigenvalue weighted by molar-refractivity contribution is 0.425. The molecular weight excluding hydrogens is 578 g/mol. The van der Waals surface area contributed by atoms with Crippen LogP contribution in [0.5, 0.6) is 0 Å². The molecule has 0 bridgehead atoms. The summed E-state index contributed by atoms with van der Waals surface area (Å²) in [4.78, 5) is 11.0. The number of halogens is 2. The van der Waals surface area contributed by atoms with Crippen molar-refractivity contribution in [3.63, 3.8) is 0 Å². The number of nitrogens with zero attached hydrogens (tertiary/aromatic N) is 3. The molecular formula is C29H33Br2N5. The van der Waals surface area contributed by atoms with Crippen molar-refractivity contribution in [3.8, 4) is 0 Å². The lowest BCUT2D eigenvalue weighted by Gasteiger charge is -2.20. The maximum Gasteiger partial charge on any atom is 0.0723 e. The Kier molecular flexibility index (Phi) is 8.09. The third kappa shape index (κ3) is 6.55. The summed E-state index contributed by atoms with van der Waals surface area (Å²) in [5, 5.41) is 9.63. The zero-order valence-electron chi connectivity index (χ0n) is 20.8. The van der Waals surface area contributed by atoms with E-state index >= 15 is 0 Å². The van der Waals surface area contributed by atoms with Gasteiger partial charge in [-0.1, -0.05) is 31.9 Å². The van der Waals surface area contributed by atoms with E-state index in [1.54, 1.807) is 0 Å². The predicted octanol–water partition coefficient (Wildman–Crippen LogP) is 7.57. The molecule has 5 nitrogen and oxygen atoms in total. The topological polar surface area (TPSA) is 53.1 Å². The van der Waals surface area contributed by atoms with Gasteiger partial charge in [-0.05, 0) is 100 Å². The average molecular weight is 611 g/mol. The molecule has 0 unspecified atom stereocenters. The molecule has 0 saturated heterocycles. The van der Waals surface area contributed by atoms with E-state index in [1.807, 2.05) is 30.6 Å². The van der Waals surface area contributed by atoms with E-state index in [-0.39, 0.29) is 0 Å². The Hall–Kier alpha value is -2.22. The molecule has 2 aliphatic rings. The SMILES string of the molecule is Brc1ccc2nccc(NC(C3CC3)C3CC3)c2c1.CN(C)CCNc1ccnc2ccc(Br)cc12. The summed E-state index contributed by atoms with van der Waals surface area (Å²) in [6.07, 6.45) is 9.37. The standard InChI is InChI=1S/C16H17BrN2.C13H16BrN3/c17-12-5-6-14-13(9-12)15(7-8-18-14)19-16(10-1-2-10)11-3-4-11;1-17(2)8-7-16-13-5-6-15-12-4-3-10(14)9-11(12)13/h5-11,16H,1-4H2,(H,18,19);3-6,9H,7-8H2,1-2H3,(H,15,16). The first-order valence-electron chi connectivity index (χ1n) is 12.7. The summed E-state index contributed by atoms with van der Waals surface area (Å²) in [6, 6.07) is 17.3. The minimum atomic E-state index is 0.685. The highest BCUT2D eigenvalue weighted by Gasteiger charge is 2.41. The summed E-state index contributed by atoms with van der Waals surface area (Å²) in [5.41, 5.74) is 4.47. The minimum Gasteiger partial charge on any atom is -0.383 e. The van der Waals surface area contributed by atoms with Crippen LogP contribution in [0.4, 0.5) is 11.4 Å². The monoisotopic (exact) mass is 609 g/mol. The van der Waals surface area contributed by atoms with Gasteiger partial charge in [-0.3, -0.25) is 9.97 Å². The molecule has 2 aromatic heterocycles. The maximum absolute atomic E-state index is 4.45. The normalized spacial score (nSPS) is 15.3. The van der Waals surface area contributed by atoms with Crippen molar-refractivity contribution in [2.24, 2.45) is 11.8 Å². The largest absolute Gasteiger partial charge is 0.383 e. The molecule has 0 spiro atoms. The van der Waals surface area contributed by atoms with E-state index < -0.39 is 0 Å². The van der Waals surface area contributed by atoms with Crippen molar-refractivity contribution in [3.05, 3.63) is 69.9 Å². The summed E-state index contributed by atoms with van der Waals surface area (Å²) < 4.78 is 2.19. The van der Waals surface area contributed by atoms with Gasteiger partial charge in [0.05, 0.1) is 11.0 Å². The molecule has 188 valence electrons. The number of rotatable bonds is 8. The lowest BCUT2D eigenvalue weighted by atomic mass is 10.1. The highest BCUT2D eigenvalue weighted by molar-refractivity contribution is 9.10. The summed E-state index contributed by atoms with van der Waals surface area (Å²) in [5.74, 6) is 1.81. The van der Waals surface area contributed by atoms with E-state index in [1.165, 1.54) is 36.8 Å². The molecule has 0 atom stereocenters. The smallest absolute Gasteiger partial charge is 0.0723 e. The van der Waals surface area contributed by atoms with Gasteiger partial charge in [0, 0.05) is 62.6 Å². The van der Waals surface area contributed by atoms with Gasteiger partial charge in [-0.15, -0.1) is 0 Å². The fourth-order valence-corrected chi connectivity index (χ4v) is 5.36. The van der Waals surface area contributed by atoms with Crippen LogP contribution in [-0.4, -0.2) is 48.1 Å². The maximum atomic E-state index is 4.45. The van der Waals surface area contributed by atoms with Gasteiger partial charge >= 0.3 is 0 Å². The zero-order chi connectivity index (χ0) is 25.1. The predicted molar refractivity (Wildman–Crippen MR) is 159 cm³/mol. The average Bonchev–Trinajstić information content (AvgIpc) is 3.78. The van der Waals surface area contributed by atoms with E-state index in [0.29, 0.717) is 6.04 Å². The molecule has 0 radical (unpaired) electrons. The molecule has 2 saturated carbocycles. The Morgan fingerprint density at radius 2 is 1.33 bits per heavy atom. The van der Waals surface area contributed by atoms with Crippen LogP contribution in [0.15, 0.2) is 69.9 Å². The van der Waals surface area contributed by atoms with Gasteiger partial charge in [0.15, 0.2) is 0 Å². The number of aromatic nitrogens is 2. The number of benzene rings is 2. The molecule has 2 fully saturated rings. The van der Waals surface area contributed by atoms with Crippen molar-refractivity contribution < 1.29 is 0 Å². The highest BCUT2D eigenvalue weighted by atomic mass is 79.9. The van der Waals surface area contributed by atoms with Crippen molar-refractivity contribution in [2.75, 3.05) is 37.8 Å². The van der Waals surface area contributed by atoms with Crippen LogP contribution in [0.3, 0.4) is 0 Å². The van der Waals surface area contributed by atoms with E-state index in [2.05, 4.69) is 102 Å². The first kappa shape index (κ1) is 25.4. The zero-order valence-corrected chi connectivity index (χ0v) is 24.0. The van der Waals surface area contributed by atoms with Crippen molar-refractivity contribution in [1.29, 1.82) is 0 Å². The second-order valence-electron chi connectivity index (χ2n) is 10.1. The highest BCUT2D eigenvalue weighted by Crippen LogP contribution is 2.46. The fraction of sp³-hybridized carbons (Fsp3) is 0.379. The van der Waals surface area contributed by atoms with Crippen LogP contribution in [0.1, 0.15) is 25.7 Å². The third-order valence-electron chi connectivity index (χ3n) is 6.86. The summed E-state index contributed by atoms with van der Waals surface area (Å²) in [7, 11) is 4.14. The van der Waals surface area contributed by atoms with Crippen LogP contribution in [-0.2, 0) is 0 Å². The number of fused-ring (bicyclic) bond motifs is 2. The van der Waals surface area contributed by atoms with Gasteiger partial charge in [-0.25, -0.2) is 0 Å². The van der Waals surface area contributed by atoms with Crippen molar-refractivity contribution in [2.45, 2.75) is 31.7 Å². The Labute approximate surface area is 230 Å². The third-order valence-corrected chi connectivity index (χ3v) is 7.85. The summed E-state index contributed by atoms with van der Waals surface area (Å²) in [6.45, 7) is 1.94. The first-order valence-corrected chi connectivity index (χ1v) is 14.3. The number of pyridine rings is 2. The van der Waals surface area contributed by atoms with Crippen LogP contribution >= 0.6 is 31.9 Å². The molecule has 36 heavy (non-hydrogen) atoms.